The first kappa shape index (κ1) is 12.4. The van der Waals surface area contributed by atoms with Gasteiger partial charge in [0.05, 0.1) is 0 Å². The fourth-order valence-electron chi connectivity index (χ4n) is 3.41. The standard InChI is InChI=1S/C14H28N2/c1-12-4-9-16(10-12)14(11-15)7-5-13(2,3)6-8-14/h12H,4-11,15H2,1-3H3. The second kappa shape index (κ2) is 4.30. The monoisotopic (exact) mass is 224 g/mol. The minimum atomic E-state index is 0.347. The van der Waals surface area contributed by atoms with E-state index in [-0.39, 0.29) is 0 Å². The molecule has 1 unspecified atom stereocenters. The average Bonchev–Trinajstić information content (AvgIpc) is 2.66. The molecule has 16 heavy (non-hydrogen) atoms. The number of hydrogen-bond acceptors (Lipinski definition) is 2. The molecule has 1 heterocycles. The highest BCUT2D eigenvalue weighted by molar-refractivity contribution is 4.99. The number of likely N-dealkylation sites (tertiary alicyclic amines) is 1. The molecule has 0 radical (unpaired) electrons. The topological polar surface area (TPSA) is 29.3 Å². The minimum Gasteiger partial charge on any atom is -0.329 e. The molecular formula is C14H28N2. The summed E-state index contributed by atoms with van der Waals surface area (Å²) in [6.45, 7) is 10.6. The van der Waals surface area contributed by atoms with Crippen LogP contribution in [-0.2, 0) is 0 Å². The summed E-state index contributed by atoms with van der Waals surface area (Å²) in [6.07, 6.45) is 6.67. The Bertz CT molecular complexity index is 237. The van der Waals surface area contributed by atoms with Gasteiger partial charge in [-0.05, 0) is 50.0 Å². The smallest absolute Gasteiger partial charge is 0.0332 e. The third-order valence-electron chi connectivity index (χ3n) is 5.01. The maximum Gasteiger partial charge on any atom is 0.0332 e. The van der Waals surface area contributed by atoms with Gasteiger partial charge in [-0.1, -0.05) is 20.8 Å². The molecule has 2 heteroatoms. The third-order valence-corrected chi connectivity index (χ3v) is 5.01. The van der Waals surface area contributed by atoms with E-state index in [2.05, 4.69) is 25.7 Å². The minimum absolute atomic E-state index is 0.347. The van der Waals surface area contributed by atoms with E-state index >= 15 is 0 Å². The average molecular weight is 224 g/mol. The Morgan fingerprint density at radius 1 is 1.19 bits per heavy atom. The Morgan fingerprint density at radius 3 is 2.25 bits per heavy atom. The lowest BCUT2D eigenvalue weighted by molar-refractivity contribution is 0.0378. The molecule has 0 aromatic carbocycles. The van der Waals surface area contributed by atoms with Crippen molar-refractivity contribution >= 4 is 0 Å². The van der Waals surface area contributed by atoms with E-state index in [9.17, 15) is 0 Å². The van der Waals surface area contributed by atoms with Crippen molar-refractivity contribution < 1.29 is 0 Å². The second-order valence-electron chi connectivity index (χ2n) is 6.93. The zero-order chi connectivity index (χ0) is 11.8. The molecule has 0 aromatic heterocycles. The quantitative estimate of drug-likeness (QED) is 0.781. The highest BCUT2D eigenvalue weighted by Gasteiger charge is 2.43. The molecule has 0 aromatic rings. The van der Waals surface area contributed by atoms with Crippen LogP contribution in [0.5, 0.6) is 0 Å². The highest BCUT2D eigenvalue weighted by Crippen LogP contribution is 2.43. The van der Waals surface area contributed by atoms with Gasteiger partial charge in [-0.25, -0.2) is 0 Å². The summed E-state index contributed by atoms with van der Waals surface area (Å²) in [6, 6.07) is 0. The molecule has 2 N–H and O–H groups in total. The van der Waals surface area contributed by atoms with E-state index in [1.165, 1.54) is 45.2 Å². The van der Waals surface area contributed by atoms with E-state index in [1.807, 2.05) is 0 Å². The number of nitrogens with zero attached hydrogens (tertiary/aromatic N) is 1. The van der Waals surface area contributed by atoms with Crippen LogP contribution in [0, 0.1) is 11.3 Å². The fourth-order valence-corrected chi connectivity index (χ4v) is 3.41. The first-order chi connectivity index (χ1) is 7.47. The highest BCUT2D eigenvalue weighted by atomic mass is 15.2. The van der Waals surface area contributed by atoms with Gasteiger partial charge >= 0.3 is 0 Å². The van der Waals surface area contributed by atoms with Crippen molar-refractivity contribution in [2.75, 3.05) is 19.6 Å². The summed E-state index contributed by atoms with van der Waals surface area (Å²) in [5.74, 6) is 0.873. The van der Waals surface area contributed by atoms with Gasteiger partial charge in [-0.15, -0.1) is 0 Å². The first-order valence-corrected chi connectivity index (χ1v) is 6.93. The number of hydrogen-bond donors (Lipinski definition) is 1. The van der Waals surface area contributed by atoms with E-state index in [0.29, 0.717) is 11.0 Å². The molecule has 0 amide bonds. The second-order valence-corrected chi connectivity index (χ2v) is 6.93. The van der Waals surface area contributed by atoms with Gasteiger partial charge in [0.25, 0.3) is 0 Å². The Labute approximate surface area is 101 Å². The van der Waals surface area contributed by atoms with E-state index in [0.717, 1.165) is 12.5 Å². The van der Waals surface area contributed by atoms with Crippen LogP contribution in [0.15, 0.2) is 0 Å². The van der Waals surface area contributed by atoms with Crippen LogP contribution in [0.2, 0.25) is 0 Å². The Balaban J connectivity index is 2.04. The van der Waals surface area contributed by atoms with Crippen molar-refractivity contribution in [3.05, 3.63) is 0 Å². The number of rotatable bonds is 2. The van der Waals surface area contributed by atoms with Crippen molar-refractivity contribution in [2.45, 2.75) is 58.4 Å². The molecular weight excluding hydrogens is 196 g/mol. The zero-order valence-electron chi connectivity index (χ0n) is 11.3. The summed E-state index contributed by atoms with van der Waals surface area (Å²) in [5, 5.41) is 0. The maximum atomic E-state index is 6.11. The molecule has 1 aliphatic carbocycles. The number of nitrogens with two attached hydrogens (primary N) is 1. The lowest BCUT2D eigenvalue weighted by Gasteiger charge is -2.48. The predicted octanol–water partition coefficient (Wildman–Crippen LogP) is 2.63. The fraction of sp³-hybridized carbons (Fsp3) is 1.00. The largest absolute Gasteiger partial charge is 0.329 e. The molecule has 2 rings (SSSR count). The molecule has 1 atom stereocenters. The Hall–Kier alpha value is -0.0800. The van der Waals surface area contributed by atoms with Crippen molar-refractivity contribution in [1.82, 2.24) is 4.90 Å². The lowest BCUT2D eigenvalue weighted by atomic mass is 9.69. The van der Waals surface area contributed by atoms with Gasteiger partial charge in [0.2, 0.25) is 0 Å². The van der Waals surface area contributed by atoms with E-state index < -0.39 is 0 Å². The summed E-state index contributed by atoms with van der Waals surface area (Å²) < 4.78 is 0. The van der Waals surface area contributed by atoms with Gasteiger partial charge in [0.15, 0.2) is 0 Å². The van der Waals surface area contributed by atoms with Crippen molar-refractivity contribution in [2.24, 2.45) is 17.1 Å². The van der Waals surface area contributed by atoms with Gasteiger partial charge < -0.3 is 5.73 Å². The molecule has 2 aliphatic rings. The van der Waals surface area contributed by atoms with Gasteiger partial charge in [-0.2, -0.15) is 0 Å². The van der Waals surface area contributed by atoms with Gasteiger partial charge in [0.1, 0.15) is 0 Å². The molecule has 0 bridgehead atoms. The molecule has 2 nitrogen and oxygen atoms in total. The van der Waals surface area contributed by atoms with Crippen LogP contribution in [0.4, 0.5) is 0 Å². The van der Waals surface area contributed by atoms with Crippen molar-refractivity contribution in [1.29, 1.82) is 0 Å². The van der Waals surface area contributed by atoms with Gasteiger partial charge in [-0.3, -0.25) is 4.90 Å². The van der Waals surface area contributed by atoms with Crippen LogP contribution in [0.1, 0.15) is 52.9 Å². The first-order valence-electron chi connectivity index (χ1n) is 6.93. The van der Waals surface area contributed by atoms with E-state index in [1.54, 1.807) is 0 Å². The molecule has 1 saturated heterocycles. The molecule has 94 valence electrons. The third kappa shape index (κ3) is 2.28. The molecule has 2 fully saturated rings. The van der Waals surface area contributed by atoms with Crippen LogP contribution in [0.3, 0.4) is 0 Å². The summed E-state index contributed by atoms with van der Waals surface area (Å²) in [4.78, 5) is 2.70. The zero-order valence-corrected chi connectivity index (χ0v) is 11.3. The SMILES string of the molecule is CC1CCN(C2(CN)CCC(C)(C)CC2)C1. The summed E-state index contributed by atoms with van der Waals surface area (Å²) >= 11 is 0. The maximum absolute atomic E-state index is 6.11. The van der Waals surface area contributed by atoms with Crippen LogP contribution in [0.25, 0.3) is 0 Å². The van der Waals surface area contributed by atoms with Crippen LogP contribution in [-0.4, -0.2) is 30.1 Å². The Kier molecular flexibility index (Phi) is 3.33. The van der Waals surface area contributed by atoms with Gasteiger partial charge in [0, 0.05) is 18.6 Å². The summed E-state index contributed by atoms with van der Waals surface area (Å²) in [7, 11) is 0. The Morgan fingerprint density at radius 2 is 1.81 bits per heavy atom. The molecule has 0 spiro atoms. The normalized spacial score (nSPS) is 34.1. The van der Waals surface area contributed by atoms with Crippen molar-refractivity contribution in [3.8, 4) is 0 Å². The molecule has 1 saturated carbocycles. The summed E-state index contributed by atoms with van der Waals surface area (Å²) in [5.41, 5.74) is 7.00. The lowest BCUT2D eigenvalue weighted by Crippen LogP contribution is -2.55. The van der Waals surface area contributed by atoms with Crippen molar-refractivity contribution in [3.63, 3.8) is 0 Å². The molecule has 1 aliphatic heterocycles. The predicted molar refractivity (Wildman–Crippen MR) is 69.4 cm³/mol. The van der Waals surface area contributed by atoms with Crippen LogP contribution < -0.4 is 5.73 Å². The van der Waals surface area contributed by atoms with Crippen LogP contribution >= 0.6 is 0 Å². The van der Waals surface area contributed by atoms with E-state index in [4.69, 9.17) is 5.73 Å².